The van der Waals surface area contributed by atoms with Crippen molar-refractivity contribution in [2.75, 3.05) is 13.2 Å². The summed E-state index contributed by atoms with van der Waals surface area (Å²) in [5.41, 5.74) is 3.98. The number of fused-ring (bicyclic) bond motifs is 2. The second kappa shape index (κ2) is 10.4. The Labute approximate surface area is 214 Å². The number of pyridine rings is 1. The highest BCUT2D eigenvalue weighted by Gasteiger charge is 2.48. The van der Waals surface area contributed by atoms with E-state index in [9.17, 15) is 15.0 Å². The number of H-pyrrole nitrogens is 1. The molecule has 8 nitrogen and oxygen atoms in total. The standard InChI is InChI=1S/C27H31ClN2O6/c1-3-15(5-4-14(2)16-6-8-17(9-7-16)27(32)33)24-18(28)10-19-20(30-24)11-23(29-19)36-22-13-35-25-21(31)12-34-26(22)25/h3-5,10-11,16-17,21-22,25-26,29,31H,2,6-9,12-13H2,1H3,(H,32,33)/b5-4-,15-3+/t16-,17-,21-,22-,25-,26-/m1/s1. The lowest BCUT2D eigenvalue weighted by molar-refractivity contribution is -0.142. The maximum absolute atomic E-state index is 11.2. The molecule has 0 aromatic carbocycles. The van der Waals surface area contributed by atoms with Crippen LogP contribution in [0.15, 0.2) is 42.5 Å². The van der Waals surface area contributed by atoms with Gasteiger partial charge in [-0.15, -0.1) is 0 Å². The van der Waals surface area contributed by atoms with Crippen molar-refractivity contribution >= 4 is 34.2 Å². The van der Waals surface area contributed by atoms with E-state index in [2.05, 4.69) is 11.6 Å². The number of aliphatic carboxylic acids is 1. The van der Waals surface area contributed by atoms with Crippen LogP contribution in [0.5, 0.6) is 5.88 Å². The minimum Gasteiger partial charge on any atom is -0.481 e. The van der Waals surface area contributed by atoms with E-state index in [1.165, 1.54) is 0 Å². The maximum Gasteiger partial charge on any atom is 0.306 e. The molecule has 4 heterocycles. The van der Waals surface area contributed by atoms with Crippen molar-refractivity contribution in [3.05, 3.63) is 53.2 Å². The average molecular weight is 515 g/mol. The molecule has 2 aromatic heterocycles. The molecule has 0 radical (unpaired) electrons. The first-order valence-corrected chi connectivity index (χ1v) is 12.8. The molecule has 0 unspecified atom stereocenters. The van der Waals surface area contributed by atoms with Crippen molar-refractivity contribution in [1.82, 2.24) is 9.97 Å². The van der Waals surface area contributed by atoms with E-state index in [0.29, 0.717) is 41.6 Å². The number of nitrogens with zero attached hydrogens (tertiary/aromatic N) is 1. The van der Waals surface area contributed by atoms with Crippen LogP contribution in [0.3, 0.4) is 0 Å². The molecule has 2 saturated heterocycles. The number of hydrogen-bond acceptors (Lipinski definition) is 6. The zero-order chi connectivity index (χ0) is 25.4. The first-order valence-electron chi connectivity index (χ1n) is 12.4. The number of carbonyl (C=O) groups is 1. The summed E-state index contributed by atoms with van der Waals surface area (Å²) in [5.74, 6) is -0.122. The molecule has 3 N–H and O–H groups in total. The Hall–Kier alpha value is -2.65. The molecule has 9 heteroatoms. The molecule has 2 aromatic rings. The lowest BCUT2D eigenvalue weighted by atomic mass is 9.78. The first-order chi connectivity index (χ1) is 17.3. The summed E-state index contributed by atoms with van der Waals surface area (Å²) in [6.45, 7) is 6.75. The summed E-state index contributed by atoms with van der Waals surface area (Å²) in [6, 6.07) is 3.65. The van der Waals surface area contributed by atoms with Gasteiger partial charge in [0.25, 0.3) is 0 Å². The summed E-state index contributed by atoms with van der Waals surface area (Å²) < 4.78 is 17.4. The molecular weight excluding hydrogens is 484 g/mol. The number of aliphatic hydroxyl groups is 1. The van der Waals surface area contributed by atoms with Crippen molar-refractivity contribution in [2.45, 2.75) is 57.0 Å². The zero-order valence-corrected chi connectivity index (χ0v) is 20.9. The van der Waals surface area contributed by atoms with Gasteiger partial charge in [0, 0.05) is 6.07 Å². The van der Waals surface area contributed by atoms with Crippen molar-refractivity contribution in [3.8, 4) is 5.88 Å². The molecule has 3 aliphatic rings. The minimum absolute atomic E-state index is 0.242. The third-order valence-electron chi connectivity index (χ3n) is 7.45. The number of rotatable bonds is 7. The molecule has 0 bridgehead atoms. The Bertz CT molecular complexity index is 1210. The summed E-state index contributed by atoms with van der Waals surface area (Å²) in [7, 11) is 0. The largest absolute Gasteiger partial charge is 0.481 e. The van der Waals surface area contributed by atoms with E-state index in [-0.39, 0.29) is 36.8 Å². The van der Waals surface area contributed by atoms with E-state index in [1.54, 1.807) is 0 Å². The molecular formula is C27H31ClN2O6. The molecule has 4 atom stereocenters. The summed E-state index contributed by atoms with van der Waals surface area (Å²) >= 11 is 6.61. The number of nitrogens with one attached hydrogen (secondary N) is 1. The van der Waals surface area contributed by atoms with Crippen LogP contribution in [0.2, 0.25) is 5.02 Å². The molecule has 0 spiro atoms. The average Bonchev–Trinajstić information content (AvgIpc) is 3.56. The predicted octanol–water partition coefficient (Wildman–Crippen LogP) is 4.53. The Kier molecular flexibility index (Phi) is 7.21. The van der Waals surface area contributed by atoms with Gasteiger partial charge in [-0.25, -0.2) is 4.98 Å². The lowest BCUT2D eigenvalue weighted by Crippen LogP contribution is -2.34. The fourth-order valence-electron chi connectivity index (χ4n) is 5.34. The van der Waals surface area contributed by atoms with Crippen molar-refractivity contribution < 1.29 is 29.2 Å². The van der Waals surface area contributed by atoms with Crippen LogP contribution < -0.4 is 4.74 Å². The van der Waals surface area contributed by atoms with Gasteiger partial charge in [0.05, 0.1) is 40.9 Å². The minimum atomic E-state index is -0.702. The van der Waals surface area contributed by atoms with Crippen LogP contribution in [-0.4, -0.2) is 63.8 Å². The SMILES string of the molecule is C=C(/C=C\C(=C/C)c1nc2cc(O[C@@H]3CO[C@H]4[C@@H]3OC[C@H]4O)[nH]c2cc1Cl)[C@H]1CC[C@H](C(=O)O)CC1. The van der Waals surface area contributed by atoms with Crippen LogP contribution in [0.25, 0.3) is 16.6 Å². The highest BCUT2D eigenvalue weighted by atomic mass is 35.5. The van der Waals surface area contributed by atoms with Gasteiger partial charge in [-0.3, -0.25) is 4.79 Å². The van der Waals surface area contributed by atoms with Gasteiger partial charge in [-0.2, -0.15) is 0 Å². The van der Waals surface area contributed by atoms with Crippen LogP contribution in [0.1, 0.15) is 38.3 Å². The quantitative estimate of drug-likeness (QED) is 0.465. The third-order valence-corrected chi connectivity index (χ3v) is 7.74. The Morgan fingerprint density at radius 2 is 1.89 bits per heavy atom. The topological polar surface area (TPSA) is 114 Å². The van der Waals surface area contributed by atoms with Crippen molar-refractivity contribution in [1.29, 1.82) is 0 Å². The number of carboxylic acid groups (broad SMARTS) is 1. The second-order valence-corrected chi connectivity index (χ2v) is 10.2. The number of hydrogen-bond donors (Lipinski definition) is 3. The van der Waals surface area contributed by atoms with Gasteiger partial charge < -0.3 is 29.4 Å². The number of aliphatic hydroxyl groups excluding tert-OH is 1. The van der Waals surface area contributed by atoms with E-state index in [1.807, 2.05) is 37.3 Å². The van der Waals surface area contributed by atoms with Gasteiger partial charge in [-0.05, 0) is 50.2 Å². The number of aromatic amines is 1. The van der Waals surface area contributed by atoms with Crippen LogP contribution >= 0.6 is 11.6 Å². The van der Waals surface area contributed by atoms with Crippen LogP contribution in [-0.2, 0) is 14.3 Å². The van der Waals surface area contributed by atoms with Crippen LogP contribution in [0.4, 0.5) is 0 Å². The van der Waals surface area contributed by atoms with Gasteiger partial charge >= 0.3 is 5.97 Å². The number of allylic oxidation sites excluding steroid dienone is 5. The van der Waals surface area contributed by atoms with Crippen molar-refractivity contribution in [2.24, 2.45) is 11.8 Å². The highest BCUT2D eigenvalue weighted by Crippen LogP contribution is 2.35. The van der Waals surface area contributed by atoms with Gasteiger partial charge in [-0.1, -0.05) is 42.0 Å². The number of aromatic nitrogens is 2. The molecule has 192 valence electrons. The van der Waals surface area contributed by atoms with Crippen LogP contribution in [0, 0.1) is 11.8 Å². The summed E-state index contributed by atoms with van der Waals surface area (Å²) in [4.78, 5) is 19.2. The molecule has 1 aliphatic carbocycles. The Morgan fingerprint density at radius 1 is 1.17 bits per heavy atom. The fourth-order valence-corrected chi connectivity index (χ4v) is 5.60. The Morgan fingerprint density at radius 3 is 2.61 bits per heavy atom. The Balaban J connectivity index is 1.28. The van der Waals surface area contributed by atoms with Gasteiger partial charge in [0.15, 0.2) is 12.0 Å². The summed E-state index contributed by atoms with van der Waals surface area (Å²) in [5, 5.41) is 19.7. The number of carboxylic acids is 1. The smallest absolute Gasteiger partial charge is 0.306 e. The normalized spacial score (nSPS) is 30.7. The zero-order valence-electron chi connectivity index (χ0n) is 20.2. The molecule has 1 saturated carbocycles. The summed E-state index contributed by atoms with van der Waals surface area (Å²) in [6.07, 6.45) is 7.34. The number of ether oxygens (including phenoxy) is 3. The monoisotopic (exact) mass is 514 g/mol. The van der Waals surface area contributed by atoms with E-state index in [4.69, 9.17) is 30.8 Å². The van der Waals surface area contributed by atoms with E-state index < -0.39 is 12.1 Å². The van der Waals surface area contributed by atoms with E-state index >= 15 is 0 Å². The molecule has 5 rings (SSSR count). The second-order valence-electron chi connectivity index (χ2n) is 9.74. The lowest BCUT2D eigenvalue weighted by Gasteiger charge is -2.26. The maximum atomic E-state index is 11.2. The third kappa shape index (κ3) is 4.95. The van der Waals surface area contributed by atoms with E-state index in [0.717, 1.165) is 29.5 Å². The first kappa shape index (κ1) is 25.0. The molecule has 2 aliphatic heterocycles. The molecule has 36 heavy (non-hydrogen) atoms. The fraction of sp³-hybridized carbons (Fsp3) is 0.481. The predicted molar refractivity (Wildman–Crippen MR) is 136 cm³/mol. The molecule has 3 fully saturated rings. The van der Waals surface area contributed by atoms with Gasteiger partial charge in [0.2, 0.25) is 0 Å². The highest BCUT2D eigenvalue weighted by molar-refractivity contribution is 6.32. The van der Waals surface area contributed by atoms with Crippen molar-refractivity contribution in [3.63, 3.8) is 0 Å². The number of halogens is 1. The molecule has 0 amide bonds. The van der Waals surface area contributed by atoms with Gasteiger partial charge in [0.1, 0.15) is 18.3 Å².